The van der Waals surface area contributed by atoms with Gasteiger partial charge in [0.1, 0.15) is 5.82 Å². The van der Waals surface area contributed by atoms with Crippen LogP contribution in [-0.4, -0.2) is 26.3 Å². The van der Waals surface area contributed by atoms with Gasteiger partial charge in [0.2, 0.25) is 0 Å². The first-order valence-corrected chi connectivity index (χ1v) is 8.07. The van der Waals surface area contributed by atoms with Crippen molar-refractivity contribution in [1.29, 1.82) is 0 Å². The fraction of sp³-hybridized carbons (Fsp3) is 0.462. The maximum absolute atomic E-state index is 12.0. The molecule has 0 aliphatic heterocycles. The summed E-state index contributed by atoms with van der Waals surface area (Å²) in [6, 6.07) is 3.88. The van der Waals surface area contributed by atoms with E-state index in [2.05, 4.69) is 10.2 Å². The summed E-state index contributed by atoms with van der Waals surface area (Å²) >= 11 is 3.02. The molecule has 0 radical (unpaired) electrons. The first-order chi connectivity index (χ1) is 9.15. The summed E-state index contributed by atoms with van der Waals surface area (Å²) in [5.41, 5.74) is 0. The number of carbonyl (C=O) groups is 1. The van der Waals surface area contributed by atoms with Crippen molar-refractivity contribution in [2.75, 3.05) is 5.75 Å². The highest BCUT2D eigenvalue weighted by atomic mass is 32.2. The molecule has 2 heterocycles. The van der Waals surface area contributed by atoms with E-state index in [4.69, 9.17) is 0 Å². The molecule has 2 aromatic rings. The van der Waals surface area contributed by atoms with Crippen LogP contribution >= 0.6 is 23.1 Å². The van der Waals surface area contributed by atoms with Crippen molar-refractivity contribution in [3.63, 3.8) is 0 Å². The van der Waals surface area contributed by atoms with Crippen molar-refractivity contribution in [2.24, 2.45) is 7.05 Å². The summed E-state index contributed by atoms with van der Waals surface area (Å²) in [5, 5.41) is 9.23. The Labute approximate surface area is 120 Å². The van der Waals surface area contributed by atoms with Gasteiger partial charge in [-0.15, -0.1) is 21.5 Å². The van der Waals surface area contributed by atoms with Gasteiger partial charge in [-0.25, -0.2) is 0 Å². The van der Waals surface area contributed by atoms with Gasteiger partial charge in [0, 0.05) is 17.8 Å². The highest BCUT2D eigenvalue weighted by Gasteiger charge is 2.29. The lowest BCUT2D eigenvalue weighted by Crippen LogP contribution is -2.02. The minimum atomic E-state index is 0.166. The van der Waals surface area contributed by atoms with Gasteiger partial charge in [-0.1, -0.05) is 11.8 Å². The zero-order valence-corrected chi connectivity index (χ0v) is 12.6. The Morgan fingerprint density at radius 1 is 1.47 bits per heavy atom. The Morgan fingerprint density at radius 3 is 2.89 bits per heavy atom. The highest BCUT2D eigenvalue weighted by molar-refractivity contribution is 7.99. The van der Waals surface area contributed by atoms with Crippen molar-refractivity contribution in [1.82, 2.24) is 14.8 Å². The van der Waals surface area contributed by atoms with Crippen LogP contribution in [0.5, 0.6) is 0 Å². The Morgan fingerprint density at radius 2 is 2.26 bits per heavy atom. The van der Waals surface area contributed by atoms with Crippen LogP contribution in [-0.2, 0) is 7.05 Å². The lowest BCUT2D eigenvalue weighted by molar-refractivity contribution is 0.102. The number of aromatic nitrogens is 3. The molecule has 100 valence electrons. The number of carbonyl (C=O) groups excluding carboxylic acids is 1. The average Bonchev–Trinajstić information content (AvgIpc) is 3.03. The molecule has 1 aliphatic rings. The van der Waals surface area contributed by atoms with Crippen LogP contribution in [0.15, 0.2) is 17.3 Å². The van der Waals surface area contributed by atoms with Gasteiger partial charge in [-0.2, -0.15) is 0 Å². The number of hydrogen-bond acceptors (Lipinski definition) is 5. The molecular formula is C13H15N3OS2. The second-order valence-electron chi connectivity index (χ2n) is 4.80. The smallest absolute Gasteiger partial charge is 0.191 e. The van der Waals surface area contributed by atoms with E-state index in [9.17, 15) is 4.79 Å². The van der Waals surface area contributed by atoms with E-state index >= 15 is 0 Å². The Kier molecular flexibility index (Phi) is 3.45. The number of thioether (sulfide) groups is 1. The monoisotopic (exact) mass is 293 g/mol. The Bertz CT molecular complexity index is 613. The third kappa shape index (κ3) is 2.74. The molecule has 2 aromatic heterocycles. The van der Waals surface area contributed by atoms with E-state index in [0.717, 1.165) is 15.9 Å². The SMILES string of the molecule is Cc1ccc(C(=O)CSc2nnc(C3CC3)n2C)s1. The first kappa shape index (κ1) is 12.9. The molecular weight excluding hydrogens is 278 g/mol. The fourth-order valence-corrected chi connectivity index (χ4v) is 3.63. The van der Waals surface area contributed by atoms with Crippen molar-refractivity contribution >= 4 is 28.9 Å². The number of rotatable bonds is 5. The van der Waals surface area contributed by atoms with E-state index < -0.39 is 0 Å². The third-order valence-corrected chi connectivity index (χ3v) is 5.22. The predicted octanol–water partition coefficient (Wildman–Crippen LogP) is 3.04. The lowest BCUT2D eigenvalue weighted by atomic mass is 10.3. The van der Waals surface area contributed by atoms with Crippen molar-refractivity contribution in [3.8, 4) is 0 Å². The molecule has 19 heavy (non-hydrogen) atoms. The molecule has 4 nitrogen and oxygen atoms in total. The minimum absolute atomic E-state index is 0.166. The Hall–Kier alpha value is -1.14. The van der Waals surface area contributed by atoms with E-state index in [1.54, 1.807) is 11.3 Å². The van der Waals surface area contributed by atoms with E-state index in [1.807, 2.05) is 30.7 Å². The van der Waals surface area contributed by atoms with Crippen molar-refractivity contribution in [2.45, 2.75) is 30.8 Å². The molecule has 0 amide bonds. The maximum Gasteiger partial charge on any atom is 0.191 e. The Balaban J connectivity index is 1.64. The van der Waals surface area contributed by atoms with Crippen LogP contribution in [0.25, 0.3) is 0 Å². The molecule has 0 spiro atoms. The van der Waals surface area contributed by atoms with Crippen LogP contribution in [0.4, 0.5) is 0 Å². The predicted molar refractivity (Wildman–Crippen MR) is 77.1 cm³/mol. The van der Waals surface area contributed by atoms with Gasteiger partial charge in [0.25, 0.3) is 0 Å². The molecule has 1 fully saturated rings. The van der Waals surface area contributed by atoms with Gasteiger partial charge in [0.05, 0.1) is 10.6 Å². The summed E-state index contributed by atoms with van der Waals surface area (Å²) in [6.07, 6.45) is 2.42. The molecule has 1 saturated carbocycles. The molecule has 0 bridgehead atoms. The normalized spacial score (nSPS) is 14.8. The van der Waals surface area contributed by atoms with Gasteiger partial charge >= 0.3 is 0 Å². The maximum atomic E-state index is 12.0. The standard InChI is InChI=1S/C13H15N3OS2/c1-8-3-6-11(19-8)10(17)7-18-13-15-14-12(16(13)2)9-4-5-9/h3,6,9H,4-5,7H2,1-2H3. The van der Waals surface area contributed by atoms with Crippen molar-refractivity contribution in [3.05, 3.63) is 27.7 Å². The number of aryl methyl sites for hydroxylation is 1. The number of nitrogens with zero attached hydrogens (tertiary/aromatic N) is 3. The number of thiophene rings is 1. The topological polar surface area (TPSA) is 47.8 Å². The summed E-state index contributed by atoms with van der Waals surface area (Å²) in [4.78, 5) is 14.0. The summed E-state index contributed by atoms with van der Waals surface area (Å²) in [5.74, 6) is 2.24. The quantitative estimate of drug-likeness (QED) is 0.628. The number of hydrogen-bond donors (Lipinski definition) is 0. The fourth-order valence-electron chi connectivity index (χ4n) is 1.93. The second kappa shape index (κ2) is 5.09. The zero-order valence-electron chi connectivity index (χ0n) is 10.9. The van der Waals surface area contributed by atoms with Gasteiger partial charge < -0.3 is 4.57 Å². The van der Waals surface area contributed by atoms with E-state index in [0.29, 0.717) is 11.7 Å². The molecule has 0 unspecified atom stereocenters. The molecule has 0 atom stereocenters. The lowest BCUT2D eigenvalue weighted by Gasteiger charge is -2.01. The van der Waals surface area contributed by atoms with E-state index in [1.165, 1.54) is 29.5 Å². The molecule has 3 rings (SSSR count). The van der Waals surface area contributed by atoms with Gasteiger partial charge in [-0.05, 0) is 31.9 Å². The third-order valence-electron chi connectivity index (χ3n) is 3.16. The van der Waals surface area contributed by atoms with Gasteiger partial charge in [-0.3, -0.25) is 4.79 Å². The summed E-state index contributed by atoms with van der Waals surface area (Å²) in [7, 11) is 1.98. The van der Waals surface area contributed by atoms with Crippen LogP contribution in [0, 0.1) is 6.92 Å². The van der Waals surface area contributed by atoms with Gasteiger partial charge in [0.15, 0.2) is 10.9 Å². The van der Waals surface area contributed by atoms with E-state index in [-0.39, 0.29) is 5.78 Å². The number of Topliss-reactive ketones (excluding diaryl/α,β-unsaturated/α-hetero) is 1. The molecule has 0 N–H and O–H groups in total. The minimum Gasteiger partial charge on any atom is -0.309 e. The molecule has 1 aliphatic carbocycles. The van der Waals surface area contributed by atoms with Crippen LogP contribution in [0.1, 0.15) is 39.1 Å². The average molecular weight is 293 g/mol. The highest BCUT2D eigenvalue weighted by Crippen LogP contribution is 2.39. The summed E-state index contributed by atoms with van der Waals surface area (Å²) in [6.45, 7) is 2.01. The van der Waals surface area contributed by atoms with Crippen LogP contribution in [0.2, 0.25) is 0 Å². The summed E-state index contributed by atoms with van der Waals surface area (Å²) < 4.78 is 2.02. The molecule has 0 aromatic carbocycles. The largest absolute Gasteiger partial charge is 0.309 e. The van der Waals surface area contributed by atoms with Crippen molar-refractivity contribution < 1.29 is 4.79 Å². The van der Waals surface area contributed by atoms with Crippen LogP contribution in [0.3, 0.4) is 0 Å². The first-order valence-electron chi connectivity index (χ1n) is 6.27. The second-order valence-corrected chi connectivity index (χ2v) is 7.03. The molecule has 0 saturated heterocycles. The van der Waals surface area contributed by atoms with Crippen LogP contribution < -0.4 is 0 Å². The number of ketones is 1. The zero-order chi connectivity index (χ0) is 13.4. The molecule has 6 heteroatoms.